The van der Waals surface area contributed by atoms with Crippen molar-refractivity contribution in [2.45, 2.75) is 25.1 Å². The second-order valence-electron chi connectivity index (χ2n) is 6.44. The first-order chi connectivity index (χ1) is 13.7. The molecule has 0 fully saturated rings. The van der Waals surface area contributed by atoms with E-state index in [0.29, 0.717) is 21.8 Å². The zero-order valence-corrected chi connectivity index (χ0v) is 17.1. The highest BCUT2D eigenvalue weighted by Crippen LogP contribution is 2.31. The average molecular weight is 434 g/mol. The van der Waals surface area contributed by atoms with Crippen LogP contribution < -0.4 is 4.72 Å². The van der Waals surface area contributed by atoms with Crippen molar-refractivity contribution >= 4 is 27.3 Å². The summed E-state index contributed by atoms with van der Waals surface area (Å²) in [6.07, 6.45) is 1.25. The van der Waals surface area contributed by atoms with Gasteiger partial charge in [-0.1, -0.05) is 30.3 Å². The van der Waals surface area contributed by atoms with Crippen molar-refractivity contribution in [3.63, 3.8) is 0 Å². The molecule has 2 heterocycles. The molecular formula is C19H19N3O5S2. The van der Waals surface area contributed by atoms with Crippen LogP contribution in [0.15, 0.2) is 48.0 Å². The Morgan fingerprint density at radius 2 is 2.00 bits per heavy atom. The summed E-state index contributed by atoms with van der Waals surface area (Å²) in [5.41, 5.74) is 1.76. The average Bonchev–Trinajstić information content (AvgIpc) is 3.09. The van der Waals surface area contributed by atoms with Crippen molar-refractivity contribution in [3.8, 4) is 16.5 Å². The number of carboxylic acids is 1. The SMILES string of the molecule is CC(NS(=O)(=O)Cc1ccccc1)c1cnc(-c2nc(CC(=O)O)cs2)c(O)c1. The van der Waals surface area contributed by atoms with Crippen LogP contribution in [0.1, 0.15) is 29.8 Å². The van der Waals surface area contributed by atoms with Gasteiger partial charge >= 0.3 is 5.97 Å². The first kappa shape index (κ1) is 20.9. The molecule has 0 spiro atoms. The molecule has 3 rings (SSSR count). The Morgan fingerprint density at radius 1 is 1.28 bits per heavy atom. The van der Waals surface area contributed by atoms with Gasteiger partial charge in [-0.05, 0) is 24.1 Å². The van der Waals surface area contributed by atoms with Gasteiger partial charge in [0.05, 0.1) is 17.9 Å². The van der Waals surface area contributed by atoms with E-state index >= 15 is 0 Å². The molecule has 29 heavy (non-hydrogen) atoms. The maximum absolute atomic E-state index is 12.4. The summed E-state index contributed by atoms with van der Waals surface area (Å²) < 4.78 is 27.4. The summed E-state index contributed by atoms with van der Waals surface area (Å²) in [5.74, 6) is -1.31. The van der Waals surface area contributed by atoms with Crippen molar-refractivity contribution in [1.29, 1.82) is 0 Å². The number of pyridine rings is 1. The van der Waals surface area contributed by atoms with Crippen LogP contribution in [0.25, 0.3) is 10.7 Å². The second kappa shape index (κ2) is 8.68. The first-order valence-corrected chi connectivity index (χ1v) is 11.2. The quantitative estimate of drug-likeness (QED) is 0.498. The second-order valence-corrected chi connectivity index (χ2v) is 9.05. The number of thiazole rings is 1. The van der Waals surface area contributed by atoms with Crippen molar-refractivity contribution in [2.75, 3.05) is 0 Å². The van der Waals surface area contributed by atoms with Gasteiger partial charge in [-0.15, -0.1) is 11.3 Å². The zero-order valence-electron chi connectivity index (χ0n) is 15.4. The summed E-state index contributed by atoms with van der Waals surface area (Å²) in [4.78, 5) is 19.1. The van der Waals surface area contributed by atoms with Crippen molar-refractivity contribution in [2.24, 2.45) is 0 Å². The van der Waals surface area contributed by atoms with Crippen LogP contribution in [0.5, 0.6) is 5.75 Å². The first-order valence-electron chi connectivity index (χ1n) is 8.63. The van der Waals surface area contributed by atoms with Gasteiger partial charge in [-0.3, -0.25) is 4.79 Å². The summed E-state index contributed by atoms with van der Waals surface area (Å²) in [7, 11) is -3.59. The summed E-state index contributed by atoms with van der Waals surface area (Å²) >= 11 is 1.18. The third kappa shape index (κ3) is 5.59. The van der Waals surface area contributed by atoms with Gasteiger partial charge in [0.15, 0.2) is 0 Å². The Balaban J connectivity index is 1.73. The molecule has 8 nitrogen and oxygen atoms in total. The molecule has 0 amide bonds. The number of hydrogen-bond acceptors (Lipinski definition) is 7. The number of sulfonamides is 1. The highest BCUT2D eigenvalue weighted by Gasteiger charge is 2.19. The molecule has 1 aromatic carbocycles. The number of carboxylic acid groups (broad SMARTS) is 1. The summed E-state index contributed by atoms with van der Waals surface area (Å²) in [6.45, 7) is 1.66. The number of aliphatic carboxylic acids is 1. The minimum atomic E-state index is -3.59. The maximum Gasteiger partial charge on any atom is 0.309 e. The minimum Gasteiger partial charge on any atom is -0.506 e. The fraction of sp³-hybridized carbons (Fsp3) is 0.211. The van der Waals surface area contributed by atoms with Crippen LogP contribution >= 0.6 is 11.3 Å². The van der Waals surface area contributed by atoms with Gasteiger partial charge < -0.3 is 10.2 Å². The highest BCUT2D eigenvalue weighted by atomic mass is 32.2. The van der Waals surface area contributed by atoms with E-state index < -0.39 is 22.0 Å². The summed E-state index contributed by atoms with van der Waals surface area (Å²) in [6, 6.07) is 9.66. The molecule has 10 heteroatoms. The lowest BCUT2D eigenvalue weighted by atomic mass is 10.1. The Hall–Kier alpha value is -2.82. The molecule has 0 aliphatic heterocycles. The Labute approximate surface area is 172 Å². The smallest absolute Gasteiger partial charge is 0.309 e. The maximum atomic E-state index is 12.4. The number of nitrogens with zero attached hydrogens (tertiary/aromatic N) is 2. The number of aromatic nitrogens is 2. The topological polar surface area (TPSA) is 129 Å². The van der Waals surface area contributed by atoms with Gasteiger partial charge in [-0.25, -0.2) is 23.1 Å². The number of benzene rings is 1. The van der Waals surface area contributed by atoms with Crippen LogP contribution in [-0.4, -0.2) is 34.6 Å². The molecule has 3 N–H and O–H groups in total. The lowest BCUT2D eigenvalue weighted by Gasteiger charge is -2.15. The van der Waals surface area contributed by atoms with Gasteiger partial charge in [0.1, 0.15) is 16.5 Å². The van der Waals surface area contributed by atoms with E-state index in [2.05, 4.69) is 14.7 Å². The lowest BCUT2D eigenvalue weighted by Crippen LogP contribution is -2.28. The number of aromatic hydroxyl groups is 1. The molecule has 0 aliphatic carbocycles. The Kier molecular flexibility index (Phi) is 6.26. The zero-order chi connectivity index (χ0) is 21.0. The van der Waals surface area contributed by atoms with E-state index in [0.717, 1.165) is 0 Å². The lowest BCUT2D eigenvalue weighted by molar-refractivity contribution is -0.136. The van der Waals surface area contributed by atoms with Crippen molar-refractivity contribution < 1.29 is 23.4 Å². The Morgan fingerprint density at radius 3 is 2.66 bits per heavy atom. The molecule has 2 aromatic heterocycles. The molecular weight excluding hydrogens is 414 g/mol. The van der Waals surface area contributed by atoms with Crippen LogP contribution in [0, 0.1) is 0 Å². The number of hydrogen-bond donors (Lipinski definition) is 3. The van der Waals surface area contributed by atoms with Crippen LogP contribution in [-0.2, 0) is 27.0 Å². The van der Waals surface area contributed by atoms with E-state index in [1.54, 1.807) is 36.6 Å². The molecule has 152 valence electrons. The van der Waals surface area contributed by atoms with E-state index in [1.807, 2.05) is 6.07 Å². The Bertz CT molecular complexity index is 1110. The standard InChI is InChI=1S/C19H19N3O5S2/c1-12(22-29(26,27)11-13-5-3-2-4-6-13)14-7-16(23)18(20-9-14)19-21-15(10-28-19)8-17(24)25/h2-7,9-10,12,22-23H,8,11H2,1H3,(H,24,25). The molecule has 1 atom stereocenters. The molecule has 3 aromatic rings. The van der Waals surface area contributed by atoms with E-state index in [-0.39, 0.29) is 23.6 Å². The van der Waals surface area contributed by atoms with Gasteiger partial charge in [0.25, 0.3) is 0 Å². The van der Waals surface area contributed by atoms with Crippen molar-refractivity contribution in [3.05, 3.63) is 64.8 Å². The monoisotopic (exact) mass is 433 g/mol. The van der Waals surface area contributed by atoms with Gasteiger partial charge in [-0.2, -0.15) is 0 Å². The van der Waals surface area contributed by atoms with Gasteiger partial charge in [0.2, 0.25) is 10.0 Å². The van der Waals surface area contributed by atoms with Crippen molar-refractivity contribution in [1.82, 2.24) is 14.7 Å². The molecule has 1 unspecified atom stereocenters. The number of nitrogens with one attached hydrogen (secondary N) is 1. The van der Waals surface area contributed by atoms with Crippen LogP contribution in [0.3, 0.4) is 0 Å². The fourth-order valence-corrected chi connectivity index (χ4v) is 4.91. The number of rotatable bonds is 8. The molecule has 0 aliphatic rings. The van der Waals surface area contributed by atoms with E-state index in [9.17, 15) is 18.3 Å². The van der Waals surface area contributed by atoms with E-state index in [4.69, 9.17) is 5.11 Å². The predicted molar refractivity (Wildman–Crippen MR) is 109 cm³/mol. The largest absolute Gasteiger partial charge is 0.506 e. The molecule has 0 bridgehead atoms. The number of carbonyl (C=O) groups is 1. The normalized spacial score (nSPS) is 12.6. The third-order valence-electron chi connectivity index (χ3n) is 4.03. The summed E-state index contributed by atoms with van der Waals surface area (Å²) in [5, 5.41) is 21.1. The van der Waals surface area contributed by atoms with Crippen LogP contribution in [0.4, 0.5) is 0 Å². The van der Waals surface area contributed by atoms with Gasteiger partial charge in [0, 0.05) is 17.6 Å². The minimum absolute atomic E-state index is 0.152. The fourth-order valence-electron chi connectivity index (χ4n) is 2.69. The van der Waals surface area contributed by atoms with Crippen LogP contribution in [0.2, 0.25) is 0 Å². The molecule has 0 radical (unpaired) electrons. The molecule has 0 saturated heterocycles. The third-order valence-corrected chi connectivity index (χ3v) is 6.36. The van der Waals surface area contributed by atoms with E-state index in [1.165, 1.54) is 23.6 Å². The molecule has 0 saturated carbocycles. The highest BCUT2D eigenvalue weighted by molar-refractivity contribution is 7.88. The predicted octanol–water partition coefficient (Wildman–Crippen LogP) is 2.72.